The highest BCUT2D eigenvalue weighted by Gasteiger charge is 2.05. The van der Waals surface area contributed by atoms with Crippen molar-refractivity contribution in [1.82, 2.24) is 9.97 Å². The van der Waals surface area contributed by atoms with Gasteiger partial charge < -0.3 is 0 Å². The number of nitrogens with zero attached hydrogens (tertiary/aromatic N) is 2. The Hall–Kier alpha value is -2.33. The van der Waals surface area contributed by atoms with E-state index in [1.165, 1.54) is 16.9 Å². The van der Waals surface area contributed by atoms with Gasteiger partial charge in [-0.1, -0.05) is 30.3 Å². The fraction of sp³-hybridized carbons (Fsp3) is 0.0625. The first kappa shape index (κ1) is 12.7. The SMILES string of the molecule is O=c1cc(Cc2ccccc2)sc(-c2cccnc2)n1. The fourth-order valence-corrected chi connectivity index (χ4v) is 2.96. The molecule has 0 N–H and O–H groups in total. The second-order valence-corrected chi connectivity index (χ2v) is 5.49. The Morgan fingerprint density at radius 1 is 1.05 bits per heavy atom. The molecule has 3 nitrogen and oxygen atoms in total. The van der Waals surface area contributed by atoms with Crippen LogP contribution in [0.4, 0.5) is 0 Å². The van der Waals surface area contributed by atoms with Crippen LogP contribution >= 0.6 is 11.3 Å². The van der Waals surface area contributed by atoms with Crippen LogP contribution in [0.2, 0.25) is 0 Å². The van der Waals surface area contributed by atoms with Crippen molar-refractivity contribution < 1.29 is 0 Å². The minimum Gasteiger partial charge on any atom is -0.267 e. The van der Waals surface area contributed by atoms with Crippen LogP contribution in [0, 0.1) is 0 Å². The zero-order chi connectivity index (χ0) is 13.8. The summed E-state index contributed by atoms with van der Waals surface area (Å²) in [5.74, 6) is 0. The summed E-state index contributed by atoms with van der Waals surface area (Å²) in [6.07, 6.45) is 4.18. The maximum absolute atomic E-state index is 11.7. The third-order valence-electron chi connectivity index (χ3n) is 2.85. The molecule has 0 saturated heterocycles. The summed E-state index contributed by atoms with van der Waals surface area (Å²) in [4.78, 5) is 20.9. The van der Waals surface area contributed by atoms with E-state index < -0.39 is 0 Å². The van der Waals surface area contributed by atoms with Gasteiger partial charge >= 0.3 is 0 Å². The van der Waals surface area contributed by atoms with Crippen molar-refractivity contribution in [2.45, 2.75) is 6.42 Å². The Morgan fingerprint density at radius 3 is 2.65 bits per heavy atom. The molecule has 0 aliphatic heterocycles. The first-order chi connectivity index (χ1) is 9.81. The predicted molar refractivity (Wildman–Crippen MR) is 80.9 cm³/mol. The molecule has 1 aromatic carbocycles. The van der Waals surface area contributed by atoms with Gasteiger partial charge in [0.1, 0.15) is 5.01 Å². The van der Waals surface area contributed by atoms with Gasteiger partial charge in [0.15, 0.2) is 0 Å². The lowest BCUT2D eigenvalue weighted by molar-refractivity contribution is 1.19. The van der Waals surface area contributed by atoms with Crippen LogP contribution in [-0.2, 0) is 6.42 Å². The lowest BCUT2D eigenvalue weighted by atomic mass is 10.1. The maximum atomic E-state index is 11.7. The standard InChI is InChI=1S/C16H12N2OS/c19-15-10-14(9-12-5-2-1-3-6-12)20-16(18-15)13-7-4-8-17-11-13/h1-8,10-11H,9H2. The average molecular weight is 280 g/mol. The van der Waals surface area contributed by atoms with Gasteiger partial charge in [-0.25, -0.2) is 0 Å². The van der Waals surface area contributed by atoms with Crippen molar-refractivity contribution in [2.24, 2.45) is 0 Å². The van der Waals surface area contributed by atoms with Gasteiger partial charge in [-0.15, -0.1) is 11.3 Å². The molecule has 3 rings (SSSR count). The molecule has 20 heavy (non-hydrogen) atoms. The van der Waals surface area contributed by atoms with Crippen LogP contribution in [0.15, 0.2) is 65.7 Å². The van der Waals surface area contributed by atoms with E-state index in [0.717, 1.165) is 21.9 Å². The summed E-state index contributed by atoms with van der Waals surface area (Å²) < 4.78 is 0. The summed E-state index contributed by atoms with van der Waals surface area (Å²) >= 11 is 1.53. The molecule has 3 aromatic rings. The zero-order valence-corrected chi connectivity index (χ0v) is 11.5. The zero-order valence-electron chi connectivity index (χ0n) is 10.7. The summed E-state index contributed by atoms with van der Waals surface area (Å²) in [5.41, 5.74) is 1.87. The Morgan fingerprint density at radius 2 is 1.90 bits per heavy atom. The second-order valence-electron chi connectivity index (χ2n) is 4.37. The third-order valence-corrected chi connectivity index (χ3v) is 3.90. The Bertz CT molecular complexity index is 754. The molecule has 0 spiro atoms. The lowest BCUT2D eigenvalue weighted by Crippen LogP contribution is -2.06. The molecule has 2 heterocycles. The molecule has 0 atom stereocenters. The molecule has 0 saturated carbocycles. The van der Waals surface area contributed by atoms with Crippen LogP contribution in [0.25, 0.3) is 10.6 Å². The Kier molecular flexibility index (Phi) is 3.65. The van der Waals surface area contributed by atoms with Crippen LogP contribution in [0.5, 0.6) is 0 Å². The van der Waals surface area contributed by atoms with Gasteiger partial charge in [0.2, 0.25) is 0 Å². The van der Waals surface area contributed by atoms with Crippen molar-refractivity contribution in [1.29, 1.82) is 0 Å². The van der Waals surface area contributed by atoms with Crippen molar-refractivity contribution in [2.75, 3.05) is 0 Å². The summed E-state index contributed by atoms with van der Waals surface area (Å²) in [6.45, 7) is 0. The number of rotatable bonds is 3. The molecule has 0 unspecified atom stereocenters. The van der Waals surface area contributed by atoms with E-state index in [2.05, 4.69) is 22.1 Å². The second kappa shape index (κ2) is 5.75. The van der Waals surface area contributed by atoms with Gasteiger partial charge in [-0.2, -0.15) is 4.98 Å². The molecule has 98 valence electrons. The van der Waals surface area contributed by atoms with Crippen LogP contribution in [-0.4, -0.2) is 9.97 Å². The van der Waals surface area contributed by atoms with E-state index in [0.29, 0.717) is 0 Å². The van der Waals surface area contributed by atoms with E-state index in [4.69, 9.17) is 0 Å². The van der Waals surface area contributed by atoms with E-state index >= 15 is 0 Å². The maximum Gasteiger partial charge on any atom is 0.272 e. The lowest BCUT2D eigenvalue weighted by Gasteiger charge is -2.03. The van der Waals surface area contributed by atoms with Crippen molar-refractivity contribution in [3.8, 4) is 10.6 Å². The van der Waals surface area contributed by atoms with Crippen molar-refractivity contribution in [3.63, 3.8) is 0 Å². The molecular formula is C16H12N2OS. The highest BCUT2D eigenvalue weighted by Crippen LogP contribution is 2.22. The van der Waals surface area contributed by atoms with E-state index in [-0.39, 0.29) is 5.56 Å². The first-order valence-electron chi connectivity index (χ1n) is 6.27. The van der Waals surface area contributed by atoms with E-state index in [1.54, 1.807) is 18.5 Å². The largest absolute Gasteiger partial charge is 0.272 e. The minimum absolute atomic E-state index is 0.200. The molecule has 0 aliphatic carbocycles. The average Bonchev–Trinajstić information content (AvgIpc) is 2.49. The van der Waals surface area contributed by atoms with E-state index in [9.17, 15) is 4.79 Å². The Labute approximate surface area is 120 Å². The van der Waals surface area contributed by atoms with Crippen LogP contribution in [0.1, 0.15) is 10.4 Å². The number of hydrogen-bond acceptors (Lipinski definition) is 4. The topological polar surface area (TPSA) is 42.9 Å². The smallest absolute Gasteiger partial charge is 0.267 e. The fourth-order valence-electron chi connectivity index (χ4n) is 1.94. The molecular weight excluding hydrogens is 268 g/mol. The third kappa shape index (κ3) is 2.97. The number of pyridine rings is 1. The minimum atomic E-state index is -0.200. The van der Waals surface area contributed by atoms with E-state index in [1.807, 2.05) is 30.3 Å². The summed E-state index contributed by atoms with van der Waals surface area (Å²) in [6, 6.07) is 15.5. The van der Waals surface area contributed by atoms with Gasteiger partial charge in [-0.05, 0) is 17.7 Å². The predicted octanol–water partition coefficient (Wildman–Crippen LogP) is 3.16. The summed E-state index contributed by atoms with van der Waals surface area (Å²) in [5, 5.41) is 0.719. The molecule has 2 aromatic heterocycles. The quantitative estimate of drug-likeness (QED) is 0.740. The molecule has 0 fully saturated rings. The molecule has 0 radical (unpaired) electrons. The van der Waals surface area contributed by atoms with Crippen molar-refractivity contribution >= 4 is 11.3 Å². The molecule has 0 amide bonds. The summed E-state index contributed by atoms with van der Waals surface area (Å²) in [7, 11) is 0. The first-order valence-corrected chi connectivity index (χ1v) is 7.08. The van der Waals surface area contributed by atoms with Gasteiger partial charge in [0, 0.05) is 35.3 Å². The molecule has 0 bridgehead atoms. The van der Waals surface area contributed by atoms with Gasteiger partial charge in [0.25, 0.3) is 5.56 Å². The van der Waals surface area contributed by atoms with Crippen LogP contribution < -0.4 is 5.56 Å². The van der Waals surface area contributed by atoms with Crippen molar-refractivity contribution in [3.05, 3.63) is 81.7 Å². The molecule has 0 aliphatic rings. The number of aromatic nitrogens is 2. The number of benzene rings is 1. The monoisotopic (exact) mass is 280 g/mol. The highest BCUT2D eigenvalue weighted by atomic mass is 32.1. The normalized spacial score (nSPS) is 10.4. The number of hydrogen-bond donors (Lipinski definition) is 0. The van der Waals surface area contributed by atoms with Crippen LogP contribution in [0.3, 0.4) is 0 Å². The van der Waals surface area contributed by atoms with Gasteiger partial charge in [0.05, 0.1) is 0 Å². The highest BCUT2D eigenvalue weighted by molar-refractivity contribution is 7.14. The van der Waals surface area contributed by atoms with Gasteiger partial charge in [-0.3, -0.25) is 9.78 Å². The Balaban J connectivity index is 1.97. The molecule has 4 heteroatoms.